The van der Waals surface area contributed by atoms with Crippen LogP contribution in [-0.4, -0.2) is 22.3 Å². The SMILES string of the molecule is NC(=O)c1c2ccc(C(=O)C(F)(F)F)cc2n2ccccc12. The van der Waals surface area contributed by atoms with Crippen LogP contribution in [0.4, 0.5) is 13.2 Å². The normalized spacial score (nSPS) is 12.0. The highest BCUT2D eigenvalue weighted by molar-refractivity contribution is 6.14. The van der Waals surface area contributed by atoms with Crippen molar-refractivity contribution in [2.24, 2.45) is 5.73 Å². The van der Waals surface area contributed by atoms with Crippen molar-refractivity contribution in [3.8, 4) is 0 Å². The average Bonchev–Trinajstić information content (AvgIpc) is 2.79. The topological polar surface area (TPSA) is 64.6 Å². The first-order chi connectivity index (χ1) is 10.3. The Morgan fingerprint density at radius 2 is 1.77 bits per heavy atom. The van der Waals surface area contributed by atoms with E-state index in [2.05, 4.69) is 0 Å². The van der Waals surface area contributed by atoms with Gasteiger partial charge in [-0.15, -0.1) is 0 Å². The summed E-state index contributed by atoms with van der Waals surface area (Å²) in [6, 6.07) is 8.44. The second-order valence-electron chi connectivity index (χ2n) is 4.75. The van der Waals surface area contributed by atoms with Gasteiger partial charge in [0.2, 0.25) is 0 Å². The molecule has 0 aliphatic heterocycles. The summed E-state index contributed by atoms with van der Waals surface area (Å²) in [5.74, 6) is -2.62. The summed E-state index contributed by atoms with van der Waals surface area (Å²) in [5.41, 5.74) is 5.87. The number of alkyl halides is 3. The van der Waals surface area contributed by atoms with Crippen LogP contribution in [0.25, 0.3) is 16.4 Å². The predicted octanol–water partition coefficient (Wildman–Crippen LogP) is 2.94. The zero-order valence-electron chi connectivity index (χ0n) is 11.0. The zero-order chi connectivity index (χ0) is 16.1. The molecule has 0 unspecified atom stereocenters. The van der Waals surface area contributed by atoms with E-state index >= 15 is 0 Å². The Hall–Kier alpha value is -2.83. The highest BCUT2D eigenvalue weighted by Crippen LogP contribution is 2.29. The summed E-state index contributed by atoms with van der Waals surface area (Å²) in [6.45, 7) is 0. The number of nitrogens with two attached hydrogens (primary N) is 1. The van der Waals surface area contributed by atoms with Crippen molar-refractivity contribution in [1.82, 2.24) is 4.40 Å². The number of halogens is 3. The molecule has 7 heteroatoms. The fraction of sp³-hybridized carbons (Fsp3) is 0.0667. The number of Topliss-reactive ketones (excluding diaryl/α,β-unsaturated/α-hetero) is 1. The molecule has 1 amide bonds. The largest absolute Gasteiger partial charge is 0.454 e. The molecule has 0 radical (unpaired) electrons. The van der Waals surface area contributed by atoms with Gasteiger partial charge < -0.3 is 10.1 Å². The monoisotopic (exact) mass is 306 g/mol. The zero-order valence-corrected chi connectivity index (χ0v) is 11.0. The molecule has 0 saturated carbocycles. The van der Waals surface area contributed by atoms with E-state index in [1.54, 1.807) is 24.4 Å². The maximum Gasteiger partial charge on any atom is 0.454 e. The van der Waals surface area contributed by atoms with Crippen LogP contribution in [-0.2, 0) is 0 Å². The third-order valence-electron chi connectivity index (χ3n) is 3.41. The molecule has 0 atom stereocenters. The predicted molar refractivity (Wildman–Crippen MR) is 73.8 cm³/mol. The van der Waals surface area contributed by atoms with E-state index in [9.17, 15) is 22.8 Å². The quantitative estimate of drug-likeness (QED) is 0.740. The van der Waals surface area contributed by atoms with Crippen molar-refractivity contribution in [3.05, 3.63) is 53.7 Å². The highest BCUT2D eigenvalue weighted by atomic mass is 19.4. The molecule has 0 aliphatic carbocycles. The van der Waals surface area contributed by atoms with E-state index in [0.717, 1.165) is 12.1 Å². The Kier molecular flexibility index (Phi) is 2.94. The van der Waals surface area contributed by atoms with Crippen LogP contribution in [0.2, 0.25) is 0 Å². The van der Waals surface area contributed by atoms with Crippen LogP contribution in [0.3, 0.4) is 0 Å². The summed E-state index contributed by atoms with van der Waals surface area (Å²) < 4.78 is 39.2. The van der Waals surface area contributed by atoms with Crippen LogP contribution in [0.5, 0.6) is 0 Å². The van der Waals surface area contributed by atoms with Crippen LogP contribution in [0.1, 0.15) is 20.7 Å². The molecule has 0 spiro atoms. The number of benzene rings is 1. The minimum atomic E-state index is -4.95. The Bertz CT molecular complexity index is 926. The van der Waals surface area contributed by atoms with Gasteiger partial charge in [0, 0.05) is 17.1 Å². The number of fused-ring (bicyclic) bond motifs is 3. The van der Waals surface area contributed by atoms with Crippen molar-refractivity contribution in [3.63, 3.8) is 0 Å². The number of nitrogens with zero attached hydrogens (tertiary/aromatic N) is 1. The number of primary amides is 1. The third kappa shape index (κ3) is 2.02. The Labute approximate surface area is 121 Å². The van der Waals surface area contributed by atoms with E-state index in [1.807, 2.05) is 0 Å². The number of pyridine rings is 1. The van der Waals surface area contributed by atoms with Gasteiger partial charge in [-0.1, -0.05) is 18.2 Å². The molecule has 4 nitrogen and oxygen atoms in total. The van der Waals surface area contributed by atoms with Crippen molar-refractivity contribution >= 4 is 28.1 Å². The molecule has 2 N–H and O–H groups in total. The second-order valence-corrected chi connectivity index (χ2v) is 4.75. The van der Waals surface area contributed by atoms with Crippen molar-refractivity contribution in [1.29, 1.82) is 0 Å². The summed E-state index contributed by atoms with van der Waals surface area (Å²) in [5, 5.41) is 0.400. The number of aromatic nitrogens is 1. The molecule has 1 aromatic carbocycles. The van der Waals surface area contributed by atoms with Crippen LogP contribution in [0, 0.1) is 0 Å². The fourth-order valence-corrected chi connectivity index (χ4v) is 2.50. The van der Waals surface area contributed by atoms with Crippen LogP contribution >= 0.6 is 0 Å². The summed E-state index contributed by atoms with van der Waals surface area (Å²) in [7, 11) is 0. The van der Waals surface area contributed by atoms with Gasteiger partial charge in [0.15, 0.2) is 0 Å². The first kappa shape index (κ1) is 14.1. The molecule has 0 aliphatic rings. The van der Waals surface area contributed by atoms with E-state index in [0.29, 0.717) is 16.4 Å². The molecule has 2 aromatic heterocycles. The molecule has 3 rings (SSSR count). The number of hydrogen-bond donors (Lipinski definition) is 1. The van der Waals surface area contributed by atoms with Crippen molar-refractivity contribution in [2.45, 2.75) is 6.18 Å². The number of rotatable bonds is 2. The minimum Gasteiger partial charge on any atom is -0.366 e. The van der Waals surface area contributed by atoms with Crippen molar-refractivity contribution in [2.75, 3.05) is 0 Å². The molecule has 112 valence electrons. The average molecular weight is 306 g/mol. The van der Waals surface area contributed by atoms with E-state index in [-0.39, 0.29) is 5.56 Å². The number of carbonyl (C=O) groups excluding carboxylic acids is 2. The molecule has 3 aromatic rings. The maximum absolute atomic E-state index is 12.6. The highest BCUT2D eigenvalue weighted by Gasteiger charge is 2.39. The minimum absolute atomic E-state index is 0.210. The van der Waals surface area contributed by atoms with Gasteiger partial charge in [-0.25, -0.2) is 0 Å². The molecule has 0 bridgehead atoms. The Balaban J connectivity index is 2.36. The van der Waals surface area contributed by atoms with E-state index in [4.69, 9.17) is 5.73 Å². The number of carbonyl (C=O) groups is 2. The molecule has 0 saturated heterocycles. The smallest absolute Gasteiger partial charge is 0.366 e. The first-order valence-corrected chi connectivity index (χ1v) is 6.25. The third-order valence-corrected chi connectivity index (χ3v) is 3.41. The molecule has 0 fully saturated rings. The Morgan fingerprint density at radius 3 is 2.41 bits per heavy atom. The lowest BCUT2D eigenvalue weighted by Crippen LogP contribution is -2.22. The van der Waals surface area contributed by atoms with Gasteiger partial charge in [0.05, 0.1) is 16.6 Å². The lowest BCUT2D eigenvalue weighted by Gasteiger charge is -2.05. The second kappa shape index (κ2) is 4.59. The van der Waals surface area contributed by atoms with Crippen molar-refractivity contribution < 1.29 is 22.8 Å². The number of amides is 1. The number of hydrogen-bond acceptors (Lipinski definition) is 2. The maximum atomic E-state index is 12.6. The van der Waals surface area contributed by atoms with Gasteiger partial charge in [-0.2, -0.15) is 13.2 Å². The van der Waals surface area contributed by atoms with E-state index < -0.39 is 23.4 Å². The summed E-state index contributed by atoms with van der Waals surface area (Å²) in [6.07, 6.45) is -3.36. The van der Waals surface area contributed by atoms with Gasteiger partial charge in [0.1, 0.15) is 0 Å². The number of ketones is 1. The van der Waals surface area contributed by atoms with Crippen LogP contribution in [0.15, 0.2) is 42.6 Å². The van der Waals surface area contributed by atoms with Gasteiger partial charge >= 0.3 is 6.18 Å². The molecule has 2 heterocycles. The first-order valence-electron chi connectivity index (χ1n) is 6.25. The lowest BCUT2D eigenvalue weighted by molar-refractivity contribution is -0.0885. The fourth-order valence-electron chi connectivity index (χ4n) is 2.50. The standard InChI is InChI=1S/C15H9F3N2O2/c16-15(17,18)13(21)8-4-5-9-11(7-8)20-6-2-1-3-10(20)12(9)14(19)22/h1-7H,(H2,19,22). The van der Waals surface area contributed by atoms with Gasteiger partial charge in [-0.3, -0.25) is 9.59 Å². The van der Waals surface area contributed by atoms with Gasteiger partial charge in [0.25, 0.3) is 11.7 Å². The molecular formula is C15H9F3N2O2. The summed E-state index contributed by atoms with van der Waals surface area (Å²) in [4.78, 5) is 23.0. The molecular weight excluding hydrogens is 297 g/mol. The van der Waals surface area contributed by atoms with Gasteiger partial charge in [-0.05, 0) is 18.2 Å². The van der Waals surface area contributed by atoms with Crippen LogP contribution < -0.4 is 5.73 Å². The van der Waals surface area contributed by atoms with E-state index in [1.165, 1.54) is 10.5 Å². The lowest BCUT2D eigenvalue weighted by atomic mass is 10.1. The Morgan fingerprint density at radius 1 is 1.05 bits per heavy atom. The molecule has 22 heavy (non-hydrogen) atoms. The summed E-state index contributed by atoms with van der Waals surface area (Å²) >= 11 is 0.